The van der Waals surface area contributed by atoms with Crippen molar-refractivity contribution in [3.05, 3.63) is 34.8 Å². The lowest BCUT2D eigenvalue weighted by atomic mass is 10.2. The molecule has 16 heavy (non-hydrogen) atoms. The Morgan fingerprint density at radius 2 is 1.94 bits per heavy atom. The fraction of sp³-hybridized carbons (Fsp3) is 0.385. The van der Waals surface area contributed by atoms with Gasteiger partial charge in [-0.05, 0) is 24.7 Å². The molecule has 2 nitrogen and oxygen atoms in total. The van der Waals surface area contributed by atoms with Gasteiger partial charge in [0.25, 0.3) is 0 Å². The molecule has 1 aromatic rings. The second-order valence-corrected chi connectivity index (χ2v) is 5.05. The Hall–Kier alpha value is -0.800. The van der Waals surface area contributed by atoms with Gasteiger partial charge in [-0.3, -0.25) is 0 Å². The van der Waals surface area contributed by atoms with Gasteiger partial charge in [-0.25, -0.2) is 0 Å². The van der Waals surface area contributed by atoms with Gasteiger partial charge in [0.1, 0.15) is 0 Å². The molecule has 0 aromatic heterocycles. The second-order valence-electron chi connectivity index (χ2n) is 4.20. The lowest BCUT2D eigenvalue weighted by Gasteiger charge is -2.34. The number of halogens is 1. The summed E-state index contributed by atoms with van der Waals surface area (Å²) in [6, 6.07) is 6.47. The first-order chi connectivity index (χ1) is 7.70. The van der Waals surface area contributed by atoms with Gasteiger partial charge in [0.05, 0.1) is 0 Å². The molecule has 0 unspecified atom stereocenters. The van der Waals surface area contributed by atoms with Gasteiger partial charge in [-0.2, -0.15) is 0 Å². The van der Waals surface area contributed by atoms with Crippen LogP contribution >= 0.6 is 15.9 Å². The minimum atomic E-state index is 1.11. The third-order valence-corrected chi connectivity index (χ3v) is 3.76. The quantitative estimate of drug-likeness (QED) is 0.822. The number of nitrogens with zero attached hydrogens (tertiary/aromatic N) is 2. The Bertz CT molecular complexity index is 382. The van der Waals surface area contributed by atoms with Crippen LogP contribution in [0.5, 0.6) is 0 Å². The van der Waals surface area contributed by atoms with E-state index in [1.165, 1.54) is 5.69 Å². The van der Waals surface area contributed by atoms with E-state index in [1.54, 1.807) is 0 Å². The maximum absolute atomic E-state index is 3.79. The van der Waals surface area contributed by atoms with Crippen molar-refractivity contribution in [2.75, 3.05) is 38.1 Å². The molecular weight excluding hydrogens is 264 g/mol. The van der Waals surface area contributed by atoms with Crippen LogP contribution in [-0.2, 0) is 0 Å². The van der Waals surface area contributed by atoms with Crippen LogP contribution in [0.25, 0.3) is 6.08 Å². The number of likely N-dealkylation sites (N-methyl/N-ethyl adjacent to an activating group) is 1. The van der Waals surface area contributed by atoms with Gasteiger partial charge in [0, 0.05) is 36.3 Å². The van der Waals surface area contributed by atoms with Gasteiger partial charge in [0.15, 0.2) is 0 Å². The predicted molar refractivity (Wildman–Crippen MR) is 73.9 cm³/mol. The molecule has 86 valence electrons. The molecule has 1 saturated heterocycles. The van der Waals surface area contributed by atoms with Crippen molar-refractivity contribution < 1.29 is 0 Å². The molecule has 1 aromatic carbocycles. The maximum atomic E-state index is 3.79. The molecule has 0 N–H and O–H groups in total. The van der Waals surface area contributed by atoms with Crippen LogP contribution in [0.1, 0.15) is 5.56 Å². The zero-order valence-electron chi connectivity index (χ0n) is 9.62. The fourth-order valence-corrected chi connectivity index (χ4v) is 2.47. The number of benzene rings is 1. The van der Waals surface area contributed by atoms with E-state index in [-0.39, 0.29) is 0 Å². The Kier molecular flexibility index (Phi) is 3.66. The van der Waals surface area contributed by atoms with E-state index in [0.717, 1.165) is 36.2 Å². The van der Waals surface area contributed by atoms with E-state index in [1.807, 2.05) is 6.08 Å². The minimum Gasteiger partial charge on any atom is -0.369 e. The normalized spacial score (nSPS) is 17.5. The number of hydrogen-bond donors (Lipinski definition) is 0. The molecule has 2 rings (SSSR count). The number of piperazine rings is 1. The summed E-state index contributed by atoms with van der Waals surface area (Å²) in [5.41, 5.74) is 2.45. The summed E-state index contributed by atoms with van der Waals surface area (Å²) in [4.78, 5) is 4.79. The van der Waals surface area contributed by atoms with Crippen LogP contribution in [-0.4, -0.2) is 38.1 Å². The van der Waals surface area contributed by atoms with Crippen LogP contribution < -0.4 is 4.90 Å². The second kappa shape index (κ2) is 5.02. The fourth-order valence-electron chi connectivity index (χ4n) is 1.94. The van der Waals surface area contributed by atoms with E-state index in [9.17, 15) is 0 Å². The van der Waals surface area contributed by atoms with E-state index in [4.69, 9.17) is 0 Å². The van der Waals surface area contributed by atoms with Gasteiger partial charge in [0.2, 0.25) is 0 Å². The lowest BCUT2D eigenvalue weighted by molar-refractivity contribution is 0.313. The molecule has 1 fully saturated rings. The standard InChI is InChI=1S/C13H17BrN2/c1-3-11-4-5-12(10-13(11)14)16-8-6-15(2)7-9-16/h3-5,10H,1,6-9H2,2H3. The molecule has 0 spiro atoms. The third-order valence-electron chi connectivity index (χ3n) is 3.07. The highest BCUT2D eigenvalue weighted by Gasteiger charge is 2.14. The van der Waals surface area contributed by atoms with Crippen molar-refractivity contribution in [3.63, 3.8) is 0 Å². The zero-order valence-corrected chi connectivity index (χ0v) is 11.2. The number of hydrogen-bond acceptors (Lipinski definition) is 2. The van der Waals surface area contributed by atoms with Crippen molar-refractivity contribution in [3.8, 4) is 0 Å². The van der Waals surface area contributed by atoms with Crippen LogP contribution in [0.2, 0.25) is 0 Å². The molecule has 0 saturated carbocycles. The molecule has 1 heterocycles. The maximum Gasteiger partial charge on any atom is 0.0378 e. The molecule has 0 radical (unpaired) electrons. The van der Waals surface area contributed by atoms with Crippen molar-refractivity contribution in [2.24, 2.45) is 0 Å². The molecule has 1 aliphatic heterocycles. The summed E-state index contributed by atoms with van der Waals surface area (Å²) >= 11 is 3.58. The first kappa shape index (κ1) is 11.7. The lowest BCUT2D eigenvalue weighted by Crippen LogP contribution is -2.44. The zero-order chi connectivity index (χ0) is 11.5. The number of anilines is 1. The first-order valence-electron chi connectivity index (χ1n) is 5.56. The van der Waals surface area contributed by atoms with E-state index in [0.29, 0.717) is 0 Å². The topological polar surface area (TPSA) is 6.48 Å². The Morgan fingerprint density at radius 3 is 2.50 bits per heavy atom. The molecule has 0 atom stereocenters. The Labute approximate surface area is 106 Å². The average molecular weight is 281 g/mol. The Balaban J connectivity index is 2.15. The van der Waals surface area contributed by atoms with E-state index >= 15 is 0 Å². The summed E-state index contributed by atoms with van der Waals surface area (Å²) in [5.74, 6) is 0. The summed E-state index contributed by atoms with van der Waals surface area (Å²) < 4.78 is 1.12. The molecule has 0 aliphatic carbocycles. The van der Waals surface area contributed by atoms with Crippen molar-refractivity contribution in [2.45, 2.75) is 0 Å². The Morgan fingerprint density at radius 1 is 1.25 bits per heavy atom. The van der Waals surface area contributed by atoms with Gasteiger partial charge in [-0.1, -0.05) is 34.7 Å². The van der Waals surface area contributed by atoms with Crippen molar-refractivity contribution in [1.29, 1.82) is 0 Å². The van der Waals surface area contributed by atoms with Crippen molar-refractivity contribution in [1.82, 2.24) is 4.90 Å². The number of rotatable bonds is 2. The van der Waals surface area contributed by atoms with Crippen LogP contribution in [0.15, 0.2) is 29.3 Å². The molecule has 3 heteroatoms. The molecule has 1 aliphatic rings. The summed E-state index contributed by atoms with van der Waals surface area (Å²) in [6.45, 7) is 8.29. The van der Waals surface area contributed by atoms with E-state index < -0.39 is 0 Å². The highest BCUT2D eigenvalue weighted by Crippen LogP contribution is 2.25. The summed E-state index contributed by atoms with van der Waals surface area (Å²) in [6.07, 6.45) is 1.87. The summed E-state index contributed by atoms with van der Waals surface area (Å²) in [7, 11) is 2.17. The minimum absolute atomic E-state index is 1.11. The monoisotopic (exact) mass is 280 g/mol. The van der Waals surface area contributed by atoms with Crippen LogP contribution in [0.3, 0.4) is 0 Å². The molecular formula is C13H17BrN2. The SMILES string of the molecule is C=Cc1ccc(N2CCN(C)CC2)cc1Br. The predicted octanol–water partition coefficient (Wildman–Crippen LogP) is 2.84. The highest BCUT2D eigenvalue weighted by atomic mass is 79.9. The average Bonchev–Trinajstić information content (AvgIpc) is 2.30. The van der Waals surface area contributed by atoms with Gasteiger partial charge < -0.3 is 9.80 Å². The third kappa shape index (κ3) is 2.47. The van der Waals surface area contributed by atoms with Gasteiger partial charge in [-0.15, -0.1) is 0 Å². The highest BCUT2D eigenvalue weighted by molar-refractivity contribution is 9.10. The van der Waals surface area contributed by atoms with Crippen LogP contribution in [0, 0.1) is 0 Å². The van der Waals surface area contributed by atoms with Crippen molar-refractivity contribution >= 4 is 27.7 Å². The molecule has 0 amide bonds. The van der Waals surface area contributed by atoms with Crippen LogP contribution in [0.4, 0.5) is 5.69 Å². The smallest absolute Gasteiger partial charge is 0.0378 e. The first-order valence-corrected chi connectivity index (χ1v) is 6.35. The largest absolute Gasteiger partial charge is 0.369 e. The van der Waals surface area contributed by atoms with E-state index in [2.05, 4.69) is 57.6 Å². The van der Waals surface area contributed by atoms with Gasteiger partial charge >= 0.3 is 0 Å². The molecule has 0 bridgehead atoms. The summed E-state index contributed by atoms with van der Waals surface area (Å²) in [5, 5.41) is 0.